The molecule has 25 heteroatoms. The lowest BCUT2D eigenvalue weighted by atomic mass is 10.1. The number of phosphoric acid groups is 2. The Morgan fingerprint density at radius 3 is 2.13 bits per heavy atom. The number of phosphoric ester groups is 2. The predicted octanol–water partition coefficient (Wildman–Crippen LogP) is -3.33. The van der Waals surface area contributed by atoms with Crippen LogP contribution in [0, 0.1) is 0 Å². The van der Waals surface area contributed by atoms with Gasteiger partial charge < -0.3 is 64.4 Å². The maximum Gasteiger partial charge on any atom is 0.280 e. The number of H-pyrrole nitrogens is 1. The number of ether oxygens (including phenoxy) is 2. The topological polar surface area (TPSA) is 334 Å². The number of aromatic nitrogens is 6. The molecule has 0 aliphatic carbocycles. The van der Waals surface area contributed by atoms with Crippen LogP contribution >= 0.6 is 15.6 Å². The number of anilines is 2. The summed E-state index contributed by atoms with van der Waals surface area (Å²) < 4.78 is 60.3. The lowest BCUT2D eigenvalue weighted by molar-refractivity contribution is -0.244. The molecule has 4 aliphatic heterocycles. The fourth-order valence-electron chi connectivity index (χ4n) is 5.67. The summed E-state index contributed by atoms with van der Waals surface area (Å²) in [5.41, 5.74) is 10.9. The highest BCUT2D eigenvalue weighted by molar-refractivity contribution is 7.46. The lowest BCUT2D eigenvalue weighted by Crippen LogP contribution is -2.41. The summed E-state index contributed by atoms with van der Waals surface area (Å²) in [5, 5.41) is 25.1. The van der Waals surface area contributed by atoms with Crippen molar-refractivity contribution < 1.29 is 56.7 Å². The van der Waals surface area contributed by atoms with Crippen LogP contribution in [0.4, 0.5) is 11.8 Å². The molecule has 7 rings (SSSR count). The second-order valence-corrected chi connectivity index (χ2v) is 13.4. The zero-order chi connectivity index (χ0) is 32.7. The minimum atomic E-state index is -5.32. The van der Waals surface area contributed by atoms with Gasteiger partial charge in [0.05, 0.1) is 31.9 Å². The number of rotatable bonds is 2. The Morgan fingerprint density at radius 1 is 0.957 bits per heavy atom. The molecule has 3 aromatic heterocycles. The van der Waals surface area contributed by atoms with E-state index >= 15 is 0 Å². The fourth-order valence-corrected chi connectivity index (χ4v) is 7.57. The number of imidazole rings is 2. The second kappa shape index (κ2) is 11.1. The zero-order valence-electron chi connectivity index (χ0n) is 23.4. The number of nitrogen functional groups attached to an aromatic ring is 1. The quantitative estimate of drug-likeness (QED) is 0.143. The standard InChI is InChI=1S/C21H28N10O13P2/c1-6-9-15(27-20(22)26-6)30(4-24-9)18-11(32)13-7(41-18)2-39-46(37,38)44-14-8(3-40-45(35,36)43-13)42-19(12(14)33)31-5-25-10-16(31)28-21(23)29-17(10)34/h4-8,11-14,18-19,32-33H,2-3H2,1H3,(H,35,36)(H,37,38)(H3,22,26,27)(H3,23,28,29,34)/p-2/t6?,7-,8-,11+,12+,13?,14?,18-,19-/m1/s1. The van der Waals surface area contributed by atoms with Gasteiger partial charge in [-0.1, -0.05) is 0 Å². The van der Waals surface area contributed by atoms with Gasteiger partial charge >= 0.3 is 0 Å². The minimum absolute atomic E-state index is 0.0506. The van der Waals surface area contributed by atoms with Crippen molar-refractivity contribution in [1.82, 2.24) is 29.1 Å². The highest BCUT2D eigenvalue weighted by Gasteiger charge is 2.52. The van der Waals surface area contributed by atoms with E-state index in [0.29, 0.717) is 11.5 Å². The van der Waals surface area contributed by atoms with Crippen molar-refractivity contribution in [3.05, 3.63) is 28.7 Å². The van der Waals surface area contributed by atoms with Gasteiger partial charge in [-0.15, -0.1) is 0 Å². The molecule has 4 aliphatic rings. The summed E-state index contributed by atoms with van der Waals surface area (Å²) in [5.74, 6) is 0.0617. The molecule has 0 amide bonds. The summed E-state index contributed by atoms with van der Waals surface area (Å²) in [7, 11) is -10.6. The van der Waals surface area contributed by atoms with Gasteiger partial charge in [-0.3, -0.25) is 28.0 Å². The Morgan fingerprint density at radius 2 is 1.52 bits per heavy atom. The van der Waals surface area contributed by atoms with Crippen molar-refractivity contribution in [3.63, 3.8) is 0 Å². The Kier molecular flexibility index (Phi) is 7.58. The minimum Gasteiger partial charge on any atom is -0.756 e. The molecule has 250 valence electrons. The smallest absolute Gasteiger partial charge is 0.280 e. The monoisotopic (exact) mass is 688 g/mol. The third-order valence-electron chi connectivity index (χ3n) is 7.71. The molecule has 0 saturated carbocycles. The molecule has 0 spiro atoms. The molecule has 0 radical (unpaired) electrons. The number of aliphatic imine (C=N–C) groups is 1. The van der Waals surface area contributed by atoms with Gasteiger partial charge in [0.2, 0.25) is 5.95 Å². The van der Waals surface area contributed by atoms with Crippen molar-refractivity contribution in [2.24, 2.45) is 10.7 Å². The molecule has 3 saturated heterocycles. The van der Waals surface area contributed by atoms with Crippen molar-refractivity contribution in [2.75, 3.05) is 24.3 Å². The van der Waals surface area contributed by atoms with E-state index in [1.807, 2.05) is 0 Å². The molecule has 11 atom stereocenters. The molecule has 8 N–H and O–H groups in total. The fraction of sp³-hybridized carbons (Fsp3) is 0.571. The number of aliphatic hydroxyl groups excluding tert-OH is 2. The third-order valence-corrected chi connectivity index (χ3v) is 9.64. The maximum atomic E-state index is 13.0. The van der Waals surface area contributed by atoms with Gasteiger partial charge in [0.15, 0.2) is 29.6 Å². The van der Waals surface area contributed by atoms with Crippen molar-refractivity contribution in [2.45, 2.75) is 62.0 Å². The summed E-state index contributed by atoms with van der Waals surface area (Å²) in [4.78, 5) is 56.8. The Bertz CT molecular complexity index is 1860. The van der Waals surface area contributed by atoms with Gasteiger partial charge in [0, 0.05) is 0 Å². The van der Waals surface area contributed by atoms with E-state index in [-0.39, 0.29) is 23.1 Å². The molecule has 46 heavy (non-hydrogen) atoms. The third kappa shape index (κ3) is 5.43. The Hall–Kier alpha value is -3.31. The Labute approximate surface area is 256 Å². The number of nitrogens with two attached hydrogens (primary N) is 2. The number of hydrogen-bond acceptors (Lipinski definition) is 20. The molecule has 3 fully saturated rings. The second-order valence-electron chi connectivity index (χ2n) is 10.7. The van der Waals surface area contributed by atoms with Crippen molar-refractivity contribution in [1.29, 1.82) is 0 Å². The van der Waals surface area contributed by atoms with Crippen LogP contribution in [-0.4, -0.2) is 95.1 Å². The van der Waals surface area contributed by atoms with E-state index in [1.165, 1.54) is 10.9 Å². The maximum absolute atomic E-state index is 13.0. The Balaban J connectivity index is 1.16. The molecule has 0 bridgehead atoms. The number of hydrogen-bond donors (Lipinski definition) is 6. The van der Waals surface area contributed by atoms with Gasteiger partial charge in [0.25, 0.3) is 21.2 Å². The number of nitrogens with one attached hydrogen (secondary N) is 2. The largest absolute Gasteiger partial charge is 0.756 e. The average molecular weight is 688 g/mol. The van der Waals surface area contributed by atoms with Gasteiger partial charge in [-0.05, 0) is 6.92 Å². The summed E-state index contributed by atoms with van der Waals surface area (Å²) in [6.07, 6.45) is -10.7. The van der Waals surface area contributed by atoms with E-state index in [1.54, 1.807) is 6.92 Å². The normalized spacial score (nSPS) is 39.8. The van der Waals surface area contributed by atoms with Gasteiger partial charge in [-0.25, -0.2) is 15.0 Å². The SMILES string of the molecule is CC1N=C(N)Nc2c1ncn2[C@@H]1O[C@@H]2COP(=O)([O-])OC3[C@@H](COP(=O)([O-])OC2[C@@H]1O)O[C@@H](n1cnc2c(=O)[nH]c(N)nc21)[C@H]3O. The van der Waals surface area contributed by atoms with E-state index in [2.05, 4.69) is 30.2 Å². The van der Waals surface area contributed by atoms with Crippen LogP contribution < -0.4 is 32.1 Å². The molecule has 0 aromatic carbocycles. The van der Waals surface area contributed by atoms with Crippen LogP contribution in [0.1, 0.15) is 31.1 Å². The van der Waals surface area contributed by atoms with E-state index in [9.17, 15) is 33.9 Å². The first-order chi connectivity index (χ1) is 21.7. The van der Waals surface area contributed by atoms with E-state index in [4.69, 9.17) is 39.0 Å². The first-order valence-electron chi connectivity index (χ1n) is 13.6. The van der Waals surface area contributed by atoms with Crippen LogP contribution in [0.2, 0.25) is 0 Å². The average Bonchev–Trinajstić information content (AvgIpc) is 3.72. The molecule has 3 aromatic rings. The first kappa shape index (κ1) is 31.3. The zero-order valence-corrected chi connectivity index (χ0v) is 25.2. The van der Waals surface area contributed by atoms with Crippen LogP contribution in [0.5, 0.6) is 0 Å². The van der Waals surface area contributed by atoms with Crippen LogP contribution in [0.3, 0.4) is 0 Å². The molecule has 7 heterocycles. The van der Waals surface area contributed by atoms with Crippen LogP contribution in [-0.2, 0) is 36.7 Å². The van der Waals surface area contributed by atoms with Crippen LogP contribution in [0.15, 0.2) is 22.4 Å². The predicted molar refractivity (Wildman–Crippen MR) is 145 cm³/mol. The summed E-state index contributed by atoms with van der Waals surface area (Å²) in [6.45, 7) is -0.0887. The number of aromatic amines is 1. The molecular weight excluding hydrogens is 662 g/mol. The number of nitrogens with zero attached hydrogens (tertiary/aromatic N) is 6. The first-order valence-corrected chi connectivity index (χ1v) is 16.5. The number of aliphatic hydroxyl groups is 2. The highest BCUT2D eigenvalue weighted by Crippen LogP contribution is 2.51. The van der Waals surface area contributed by atoms with E-state index < -0.39 is 89.5 Å². The van der Waals surface area contributed by atoms with Crippen LogP contribution in [0.25, 0.3) is 11.2 Å². The van der Waals surface area contributed by atoms with Gasteiger partial charge in [0.1, 0.15) is 48.1 Å². The number of guanidine groups is 1. The highest BCUT2D eigenvalue weighted by atomic mass is 31.2. The van der Waals surface area contributed by atoms with Crippen molar-refractivity contribution in [3.8, 4) is 0 Å². The van der Waals surface area contributed by atoms with Crippen molar-refractivity contribution >= 4 is 44.5 Å². The summed E-state index contributed by atoms with van der Waals surface area (Å²) >= 11 is 0. The molecule has 5 unspecified atom stereocenters. The summed E-state index contributed by atoms with van der Waals surface area (Å²) in [6, 6.07) is -0.455. The molecule has 23 nitrogen and oxygen atoms in total. The lowest BCUT2D eigenvalue weighted by Gasteiger charge is -2.34. The molecular formula is C21H26N10O13P2-2. The van der Waals surface area contributed by atoms with E-state index in [0.717, 1.165) is 10.9 Å². The number of fused-ring (bicyclic) bond motifs is 4. The van der Waals surface area contributed by atoms with Gasteiger partial charge in [-0.2, -0.15) is 4.98 Å².